The minimum absolute atomic E-state index is 0.736. The largest absolute Gasteiger partial charge is 0.490 e. The van der Waals surface area contributed by atoms with Crippen LogP contribution in [0.1, 0.15) is 24.8 Å². The normalized spacial score (nSPS) is 14.3. The van der Waals surface area contributed by atoms with Gasteiger partial charge in [-0.05, 0) is 43.6 Å². The number of unbranched alkanes of at least 4 members (excludes halogenated alkanes) is 1. The van der Waals surface area contributed by atoms with E-state index in [1.54, 1.807) is 0 Å². The second-order valence-electron chi connectivity index (χ2n) is 4.50. The highest BCUT2D eigenvalue weighted by Gasteiger charge is 2.10. The summed E-state index contributed by atoms with van der Waals surface area (Å²) in [7, 11) is 0. The molecule has 0 atom stereocenters. The van der Waals surface area contributed by atoms with Gasteiger partial charge in [-0.1, -0.05) is 6.07 Å². The fourth-order valence-electron chi connectivity index (χ4n) is 1.94. The third-order valence-electron chi connectivity index (χ3n) is 2.95. The van der Waals surface area contributed by atoms with Crippen molar-refractivity contribution in [2.75, 3.05) is 26.3 Å². The van der Waals surface area contributed by atoms with Crippen molar-refractivity contribution in [3.8, 4) is 11.5 Å². The van der Waals surface area contributed by atoms with Crippen molar-refractivity contribution in [1.82, 2.24) is 5.32 Å². The lowest BCUT2D eigenvalue weighted by molar-refractivity contribution is 0.297. The summed E-state index contributed by atoms with van der Waals surface area (Å²) >= 11 is 0. The van der Waals surface area contributed by atoms with Crippen molar-refractivity contribution in [2.45, 2.75) is 25.8 Å². The lowest BCUT2D eigenvalue weighted by Gasteiger charge is -2.10. The second kappa shape index (κ2) is 7.24. The van der Waals surface area contributed by atoms with E-state index in [1.165, 1.54) is 5.56 Å². The standard InChI is InChI=1S/C14H22N2O2/c15-6-1-2-7-16-11-12-4-5-13-14(10-12)18-9-3-8-17-13/h4-5,10,16H,1-3,6-9,11,15H2. The molecule has 3 N–H and O–H groups in total. The Hall–Kier alpha value is -1.26. The maximum absolute atomic E-state index is 5.66. The molecule has 0 unspecified atom stereocenters. The van der Waals surface area contributed by atoms with Crippen LogP contribution in [-0.4, -0.2) is 26.3 Å². The molecule has 0 saturated heterocycles. The van der Waals surface area contributed by atoms with Crippen LogP contribution < -0.4 is 20.5 Å². The van der Waals surface area contributed by atoms with Gasteiger partial charge in [0.25, 0.3) is 0 Å². The Labute approximate surface area is 108 Å². The number of nitrogens with one attached hydrogen (secondary N) is 1. The molecule has 0 aromatic heterocycles. The van der Waals surface area contributed by atoms with E-state index in [4.69, 9.17) is 15.2 Å². The highest BCUT2D eigenvalue weighted by Crippen LogP contribution is 2.30. The second-order valence-corrected chi connectivity index (χ2v) is 4.50. The van der Waals surface area contributed by atoms with Gasteiger partial charge in [0.1, 0.15) is 0 Å². The zero-order valence-corrected chi connectivity index (χ0v) is 10.8. The highest BCUT2D eigenvalue weighted by molar-refractivity contribution is 5.43. The molecule has 1 aliphatic heterocycles. The first kappa shape index (κ1) is 13.2. The molecule has 18 heavy (non-hydrogen) atoms. The molecule has 0 aliphatic carbocycles. The van der Waals surface area contributed by atoms with Crippen molar-refractivity contribution in [3.05, 3.63) is 23.8 Å². The summed E-state index contributed by atoms with van der Waals surface area (Å²) in [6, 6.07) is 6.15. The zero-order valence-electron chi connectivity index (χ0n) is 10.8. The van der Waals surface area contributed by atoms with E-state index in [0.717, 1.165) is 63.6 Å². The molecule has 0 fully saturated rings. The van der Waals surface area contributed by atoms with Crippen molar-refractivity contribution in [1.29, 1.82) is 0 Å². The maximum atomic E-state index is 5.66. The average molecular weight is 250 g/mol. The van der Waals surface area contributed by atoms with Crippen LogP contribution in [0.2, 0.25) is 0 Å². The monoisotopic (exact) mass is 250 g/mol. The van der Waals surface area contributed by atoms with Crippen LogP contribution >= 0.6 is 0 Å². The Morgan fingerprint density at radius 2 is 1.94 bits per heavy atom. The Morgan fingerprint density at radius 3 is 2.78 bits per heavy atom. The first-order valence-corrected chi connectivity index (χ1v) is 6.69. The van der Waals surface area contributed by atoms with Crippen molar-refractivity contribution < 1.29 is 9.47 Å². The van der Waals surface area contributed by atoms with Crippen LogP contribution in [-0.2, 0) is 6.54 Å². The van der Waals surface area contributed by atoms with Crippen LogP contribution in [0.25, 0.3) is 0 Å². The molecule has 0 saturated carbocycles. The molecule has 1 aliphatic rings. The number of hydrogen-bond donors (Lipinski definition) is 2. The first-order chi connectivity index (χ1) is 8.90. The van der Waals surface area contributed by atoms with Crippen LogP contribution in [0, 0.1) is 0 Å². The Balaban J connectivity index is 1.84. The van der Waals surface area contributed by atoms with Gasteiger partial charge in [-0.15, -0.1) is 0 Å². The molecule has 1 heterocycles. The summed E-state index contributed by atoms with van der Waals surface area (Å²) in [5, 5.41) is 3.41. The number of benzene rings is 1. The van der Waals surface area contributed by atoms with Crippen molar-refractivity contribution in [2.24, 2.45) is 5.73 Å². The molecule has 4 heteroatoms. The van der Waals surface area contributed by atoms with E-state index in [0.29, 0.717) is 0 Å². The van der Waals surface area contributed by atoms with Gasteiger partial charge in [-0.2, -0.15) is 0 Å². The number of nitrogens with two attached hydrogens (primary N) is 1. The van der Waals surface area contributed by atoms with Gasteiger partial charge in [0.05, 0.1) is 13.2 Å². The smallest absolute Gasteiger partial charge is 0.161 e. The zero-order chi connectivity index (χ0) is 12.6. The molecule has 1 aromatic rings. The molecule has 100 valence electrons. The molecule has 0 amide bonds. The fraction of sp³-hybridized carbons (Fsp3) is 0.571. The minimum atomic E-state index is 0.736. The summed E-state index contributed by atoms with van der Waals surface area (Å²) < 4.78 is 11.3. The fourth-order valence-corrected chi connectivity index (χ4v) is 1.94. The van der Waals surface area contributed by atoms with Gasteiger partial charge >= 0.3 is 0 Å². The minimum Gasteiger partial charge on any atom is -0.490 e. The van der Waals surface area contributed by atoms with Gasteiger partial charge in [-0.3, -0.25) is 0 Å². The van der Waals surface area contributed by atoms with E-state index in [2.05, 4.69) is 17.4 Å². The van der Waals surface area contributed by atoms with Gasteiger partial charge in [0.2, 0.25) is 0 Å². The number of rotatable bonds is 6. The summed E-state index contributed by atoms with van der Waals surface area (Å²) in [5.41, 5.74) is 6.68. The predicted octanol–water partition coefficient (Wildman–Crippen LogP) is 1.68. The van der Waals surface area contributed by atoms with E-state index in [1.807, 2.05) is 6.07 Å². The average Bonchev–Trinajstić information content (AvgIpc) is 2.63. The van der Waals surface area contributed by atoms with Crippen molar-refractivity contribution >= 4 is 0 Å². The van der Waals surface area contributed by atoms with Crippen LogP contribution in [0.5, 0.6) is 11.5 Å². The Morgan fingerprint density at radius 1 is 1.11 bits per heavy atom. The third-order valence-corrected chi connectivity index (χ3v) is 2.95. The topological polar surface area (TPSA) is 56.5 Å². The molecule has 0 bridgehead atoms. The molecule has 1 aromatic carbocycles. The van der Waals surface area contributed by atoms with Crippen molar-refractivity contribution in [3.63, 3.8) is 0 Å². The third kappa shape index (κ3) is 3.89. The number of fused-ring (bicyclic) bond motifs is 1. The number of ether oxygens (including phenoxy) is 2. The molecule has 0 radical (unpaired) electrons. The summed E-state index contributed by atoms with van der Waals surface area (Å²) in [6.45, 7) is 4.11. The summed E-state index contributed by atoms with van der Waals surface area (Å²) in [6.07, 6.45) is 3.15. The molecule has 4 nitrogen and oxygen atoms in total. The first-order valence-electron chi connectivity index (χ1n) is 6.69. The maximum Gasteiger partial charge on any atom is 0.161 e. The molecule has 0 spiro atoms. The van der Waals surface area contributed by atoms with Crippen LogP contribution in [0.3, 0.4) is 0 Å². The molecule has 2 rings (SSSR count). The lowest BCUT2D eigenvalue weighted by atomic mass is 10.2. The van der Waals surface area contributed by atoms with Gasteiger partial charge < -0.3 is 20.5 Å². The van der Waals surface area contributed by atoms with E-state index in [9.17, 15) is 0 Å². The molecular weight excluding hydrogens is 228 g/mol. The summed E-state index contributed by atoms with van der Waals surface area (Å²) in [4.78, 5) is 0. The van der Waals surface area contributed by atoms with E-state index in [-0.39, 0.29) is 0 Å². The molecular formula is C14H22N2O2. The van der Waals surface area contributed by atoms with E-state index < -0.39 is 0 Å². The van der Waals surface area contributed by atoms with Gasteiger partial charge in [0, 0.05) is 13.0 Å². The predicted molar refractivity (Wildman–Crippen MR) is 72.0 cm³/mol. The van der Waals surface area contributed by atoms with Crippen LogP contribution in [0.15, 0.2) is 18.2 Å². The Kier molecular flexibility index (Phi) is 5.30. The SMILES string of the molecule is NCCCCNCc1ccc2c(c1)OCCCO2. The van der Waals surface area contributed by atoms with Gasteiger partial charge in [0.15, 0.2) is 11.5 Å². The van der Waals surface area contributed by atoms with Gasteiger partial charge in [-0.25, -0.2) is 0 Å². The Bertz CT molecular complexity index is 369. The van der Waals surface area contributed by atoms with E-state index >= 15 is 0 Å². The summed E-state index contributed by atoms with van der Waals surface area (Å²) in [5.74, 6) is 1.73. The number of hydrogen-bond acceptors (Lipinski definition) is 4. The highest BCUT2D eigenvalue weighted by atomic mass is 16.5. The van der Waals surface area contributed by atoms with Crippen LogP contribution in [0.4, 0.5) is 0 Å². The lowest BCUT2D eigenvalue weighted by Crippen LogP contribution is -2.15. The quantitative estimate of drug-likeness (QED) is 0.754.